The average molecular weight is 286 g/mol. The number of hydrogen-bond donors (Lipinski definition) is 2. The minimum Gasteiger partial charge on any atom is -0.480 e. The SMILES string of the molecule is O=C(O)C1CCCCCN1c1cc2ccccc2c(=O)[nH]1. The summed E-state index contributed by atoms with van der Waals surface area (Å²) in [5.41, 5.74) is -0.170. The Morgan fingerprint density at radius 2 is 2.05 bits per heavy atom. The van der Waals surface area contributed by atoms with Crippen LogP contribution in [0.5, 0.6) is 0 Å². The van der Waals surface area contributed by atoms with Crippen molar-refractivity contribution in [2.75, 3.05) is 11.4 Å². The summed E-state index contributed by atoms with van der Waals surface area (Å²) in [6, 6.07) is 8.66. The minimum absolute atomic E-state index is 0.170. The number of aliphatic carboxylic acids is 1. The number of nitrogens with one attached hydrogen (secondary N) is 1. The Balaban J connectivity index is 2.08. The molecule has 0 radical (unpaired) electrons. The zero-order valence-corrected chi connectivity index (χ0v) is 11.7. The highest BCUT2D eigenvalue weighted by Gasteiger charge is 2.28. The Morgan fingerprint density at radius 3 is 2.86 bits per heavy atom. The van der Waals surface area contributed by atoms with Gasteiger partial charge in [-0.3, -0.25) is 4.79 Å². The topological polar surface area (TPSA) is 73.4 Å². The quantitative estimate of drug-likeness (QED) is 0.889. The van der Waals surface area contributed by atoms with E-state index in [2.05, 4.69) is 4.98 Å². The van der Waals surface area contributed by atoms with Gasteiger partial charge in [-0.1, -0.05) is 31.0 Å². The molecular weight excluding hydrogens is 268 g/mol. The summed E-state index contributed by atoms with van der Waals surface area (Å²) in [4.78, 5) is 28.3. The maximum absolute atomic E-state index is 12.2. The number of carboxylic acid groups (broad SMARTS) is 1. The number of H-pyrrole nitrogens is 1. The van der Waals surface area contributed by atoms with Gasteiger partial charge in [0, 0.05) is 11.9 Å². The Hall–Kier alpha value is -2.30. The van der Waals surface area contributed by atoms with Gasteiger partial charge in [-0.2, -0.15) is 0 Å². The molecule has 0 bridgehead atoms. The van der Waals surface area contributed by atoms with Crippen molar-refractivity contribution in [2.24, 2.45) is 0 Å². The lowest BCUT2D eigenvalue weighted by Crippen LogP contribution is -2.42. The molecule has 0 aliphatic carbocycles. The van der Waals surface area contributed by atoms with Gasteiger partial charge >= 0.3 is 5.97 Å². The molecule has 5 heteroatoms. The molecule has 1 atom stereocenters. The van der Waals surface area contributed by atoms with Crippen LogP contribution in [0.15, 0.2) is 35.1 Å². The number of aromatic amines is 1. The lowest BCUT2D eigenvalue weighted by Gasteiger charge is -2.28. The number of pyridine rings is 1. The molecule has 1 unspecified atom stereocenters. The van der Waals surface area contributed by atoms with Crippen molar-refractivity contribution in [1.82, 2.24) is 4.98 Å². The maximum Gasteiger partial charge on any atom is 0.326 e. The summed E-state index contributed by atoms with van der Waals surface area (Å²) >= 11 is 0. The molecule has 0 spiro atoms. The number of fused-ring (bicyclic) bond motifs is 1. The van der Waals surface area contributed by atoms with E-state index < -0.39 is 12.0 Å². The highest BCUT2D eigenvalue weighted by molar-refractivity contribution is 5.85. The first-order valence-corrected chi connectivity index (χ1v) is 7.28. The molecule has 1 aromatic heterocycles. The first-order chi connectivity index (χ1) is 10.2. The molecule has 1 aromatic carbocycles. The molecule has 1 aliphatic rings. The van der Waals surface area contributed by atoms with Crippen LogP contribution in [-0.4, -0.2) is 28.6 Å². The summed E-state index contributed by atoms with van der Waals surface area (Å²) in [7, 11) is 0. The lowest BCUT2D eigenvalue weighted by molar-refractivity contribution is -0.138. The number of rotatable bonds is 2. The van der Waals surface area contributed by atoms with Crippen molar-refractivity contribution < 1.29 is 9.90 Å². The van der Waals surface area contributed by atoms with Gasteiger partial charge in [0.25, 0.3) is 5.56 Å². The van der Waals surface area contributed by atoms with Crippen LogP contribution in [0, 0.1) is 0 Å². The third kappa shape index (κ3) is 2.63. The molecule has 1 aliphatic heterocycles. The van der Waals surface area contributed by atoms with Crippen LogP contribution in [-0.2, 0) is 4.79 Å². The number of carboxylic acids is 1. The summed E-state index contributed by atoms with van der Waals surface area (Å²) in [5.74, 6) is -0.223. The monoisotopic (exact) mass is 286 g/mol. The molecule has 2 N–H and O–H groups in total. The molecule has 0 amide bonds. The third-order valence-corrected chi connectivity index (χ3v) is 4.09. The summed E-state index contributed by atoms with van der Waals surface area (Å²) in [5, 5.41) is 10.9. The predicted octanol–water partition coefficient (Wildman–Crippen LogP) is 2.36. The van der Waals surface area contributed by atoms with Crippen molar-refractivity contribution in [3.63, 3.8) is 0 Å². The van der Waals surface area contributed by atoms with Crippen LogP contribution in [0.1, 0.15) is 25.7 Å². The van der Waals surface area contributed by atoms with Gasteiger partial charge in [-0.15, -0.1) is 0 Å². The largest absolute Gasteiger partial charge is 0.480 e. The van der Waals surface area contributed by atoms with Crippen LogP contribution >= 0.6 is 0 Å². The molecule has 1 fully saturated rings. The normalized spacial score (nSPS) is 19.4. The molecule has 21 heavy (non-hydrogen) atoms. The van der Waals surface area contributed by atoms with E-state index >= 15 is 0 Å². The van der Waals surface area contributed by atoms with Crippen LogP contribution in [0.3, 0.4) is 0 Å². The smallest absolute Gasteiger partial charge is 0.326 e. The number of nitrogens with zero attached hydrogens (tertiary/aromatic N) is 1. The molecule has 2 aromatic rings. The average Bonchev–Trinajstić information content (AvgIpc) is 2.73. The standard InChI is InChI=1S/C16H18N2O3/c19-15-12-7-4-3-6-11(12)10-14(17-15)18-9-5-1-2-8-13(18)16(20)21/h3-4,6-7,10,13H,1-2,5,8-9H2,(H,17,19)(H,20,21). The molecule has 5 nitrogen and oxygen atoms in total. The summed E-state index contributed by atoms with van der Waals surface area (Å²) in [6.07, 6.45) is 3.49. The Labute approximate surface area is 122 Å². The van der Waals surface area contributed by atoms with Crippen molar-refractivity contribution in [1.29, 1.82) is 0 Å². The van der Waals surface area contributed by atoms with Crippen molar-refractivity contribution in [3.05, 3.63) is 40.7 Å². The first kappa shape index (κ1) is 13.7. The number of carbonyl (C=O) groups is 1. The van der Waals surface area contributed by atoms with Gasteiger partial charge in [-0.25, -0.2) is 4.79 Å². The number of hydrogen-bond acceptors (Lipinski definition) is 3. The zero-order valence-electron chi connectivity index (χ0n) is 11.7. The second-order valence-electron chi connectivity index (χ2n) is 5.47. The second kappa shape index (κ2) is 5.60. The van der Waals surface area contributed by atoms with Gasteiger partial charge < -0.3 is 15.0 Å². The molecule has 0 saturated carbocycles. The Kier molecular flexibility index (Phi) is 3.64. The molecule has 110 valence electrons. The van der Waals surface area contributed by atoms with E-state index in [1.807, 2.05) is 29.2 Å². The second-order valence-corrected chi connectivity index (χ2v) is 5.47. The van der Waals surface area contributed by atoms with Crippen LogP contribution in [0.4, 0.5) is 5.82 Å². The van der Waals surface area contributed by atoms with Gasteiger partial charge in [-0.05, 0) is 30.4 Å². The highest BCUT2D eigenvalue weighted by Crippen LogP contribution is 2.24. The highest BCUT2D eigenvalue weighted by atomic mass is 16.4. The van der Waals surface area contributed by atoms with Crippen LogP contribution in [0.25, 0.3) is 10.8 Å². The van der Waals surface area contributed by atoms with Gasteiger partial charge in [0.15, 0.2) is 0 Å². The minimum atomic E-state index is -0.828. The van der Waals surface area contributed by atoms with E-state index in [0.717, 1.165) is 24.6 Å². The summed E-state index contributed by atoms with van der Waals surface area (Å²) < 4.78 is 0. The van der Waals surface area contributed by atoms with E-state index in [-0.39, 0.29) is 5.56 Å². The summed E-state index contributed by atoms with van der Waals surface area (Å²) in [6.45, 7) is 0.658. The van der Waals surface area contributed by atoms with E-state index in [0.29, 0.717) is 24.2 Å². The van der Waals surface area contributed by atoms with Gasteiger partial charge in [0.1, 0.15) is 11.9 Å². The van der Waals surface area contributed by atoms with Gasteiger partial charge in [0.2, 0.25) is 0 Å². The zero-order chi connectivity index (χ0) is 14.8. The molecule has 2 heterocycles. The predicted molar refractivity (Wildman–Crippen MR) is 81.8 cm³/mol. The first-order valence-electron chi connectivity index (χ1n) is 7.28. The fourth-order valence-electron chi connectivity index (χ4n) is 3.00. The Bertz CT molecular complexity index is 723. The van der Waals surface area contributed by atoms with Crippen LogP contribution in [0.2, 0.25) is 0 Å². The maximum atomic E-state index is 12.2. The number of benzene rings is 1. The van der Waals surface area contributed by atoms with Crippen molar-refractivity contribution >= 4 is 22.6 Å². The number of anilines is 1. The van der Waals surface area contributed by atoms with Gasteiger partial charge in [0.05, 0.1) is 0 Å². The van der Waals surface area contributed by atoms with E-state index in [4.69, 9.17) is 0 Å². The van der Waals surface area contributed by atoms with Crippen molar-refractivity contribution in [3.8, 4) is 0 Å². The molecule has 1 saturated heterocycles. The fraction of sp³-hybridized carbons (Fsp3) is 0.375. The van der Waals surface area contributed by atoms with Crippen molar-refractivity contribution in [2.45, 2.75) is 31.7 Å². The fourth-order valence-corrected chi connectivity index (χ4v) is 3.00. The van der Waals surface area contributed by atoms with E-state index in [9.17, 15) is 14.7 Å². The van der Waals surface area contributed by atoms with E-state index in [1.165, 1.54) is 0 Å². The van der Waals surface area contributed by atoms with Crippen LogP contribution < -0.4 is 10.5 Å². The Morgan fingerprint density at radius 1 is 1.24 bits per heavy atom. The molecule has 3 rings (SSSR count). The third-order valence-electron chi connectivity index (χ3n) is 4.09. The lowest BCUT2D eigenvalue weighted by atomic mass is 10.1. The van der Waals surface area contributed by atoms with E-state index in [1.54, 1.807) is 6.07 Å². The molecular formula is C16H18N2O3. The number of aromatic nitrogens is 1.